The Hall–Kier alpha value is -2.67. The highest BCUT2D eigenvalue weighted by Crippen LogP contribution is 2.25. The van der Waals surface area contributed by atoms with Crippen LogP contribution in [0, 0.1) is 0 Å². The van der Waals surface area contributed by atoms with Crippen LogP contribution in [0.5, 0.6) is 0 Å². The molecule has 6 nitrogen and oxygen atoms in total. The summed E-state index contributed by atoms with van der Waals surface area (Å²) >= 11 is 3.32. The van der Waals surface area contributed by atoms with Gasteiger partial charge in [0.1, 0.15) is 0 Å². The van der Waals surface area contributed by atoms with Gasteiger partial charge in [-0.3, -0.25) is 14.4 Å². The van der Waals surface area contributed by atoms with Gasteiger partial charge < -0.3 is 16.0 Å². The van der Waals surface area contributed by atoms with Crippen molar-refractivity contribution in [2.75, 3.05) is 17.2 Å². The largest absolute Gasteiger partial charge is 0.352 e. The third-order valence-electron chi connectivity index (χ3n) is 4.03. The van der Waals surface area contributed by atoms with Gasteiger partial charge in [-0.1, -0.05) is 15.9 Å². The van der Waals surface area contributed by atoms with E-state index >= 15 is 0 Å². The number of carbonyl (C=O) groups is 3. The zero-order valence-corrected chi connectivity index (χ0v) is 15.6. The molecular formula is C19H18BrN3O3. The maximum Gasteiger partial charge on any atom is 0.251 e. The molecule has 0 fully saturated rings. The normalized spacial score (nSPS) is 12.7. The molecular weight excluding hydrogens is 398 g/mol. The SMILES string of the molecule is O=C(CCNC(=O)c1ccc(Br)cc1)Nc1ccc2c(c1)CCC(=O)N2. The van der Waals surface area contributed by atoms with Gasteiger partial charge in [0, 0.05) is 40.8 Å². The maximum absolute atomic E-state index is 12.1. The van der Waals surface area contributed by atoms with Crippen molar-refractivity contribution in [3.05, 3.63) is 58.1 Å². The van der Waals surface area contributed by atoms with Gasteiger partial charge in [-0.25, -0.2) is 0 Å². The van der Waals surface area contributed by atoms with E-state index in [0.717, 1.165) is 15.7 Å². The van der Waals surface area contributed by atoms with Gasteiger partial charge in [-0.15, -0.1) is 0 Å². The fourth-order valence-corrected chi connectivity index (χ4v) is 2.94. The second-order valence-electron chi connectivity index (χ2n) is 5.98. The maximum atomic E-state index is 12.1. The number of anilines is 2. The molecule has 3 N–H and O–H groups in total. The molecule has 0 aromatic heterocycles. The summed E-state index contributed by atoms with van der Waals surface area (Å²) in [6.07, 6.45) is 1.29. The molecule has 26 heavy (non-hydrogen) atoms. The molecule has 1 aliphatic heterocycles. The second-order valence-corrected chi connectivity index (χ2v) is 6.90. The molecule has 0 unspecified atom stereocenters. The molecule has 0 aliphatic carbocycles. The van der Waals surface area contributed by atoms with Gasteiger partial charge in [-0.2, -0.15) is 0 Å². The van der Waals surface area contributed by atoms with Crippen LogP contribution >= 0.6 is 15.9 Å². The molecule has 0 atom stereocenters. The van der Waals surface area contributed by atoms with Gasteiger partial charge in [-0.05, 0) is 54.4 Å². The third kappa shape index (κ3) is 4.70. The Morgan fingerprint density at radius 3 is 2.62 bits per heavy atom. The fraction of sp³-hybridized carbons (Fsp3) is 0.211. The van der Waals surface area contributed by atoms with E-state index in [1.165, 1.54) is 0 Å². The number of hydrogen-bond donors (Lipinski definition) is 3. The van der Waals surface area contributed by atoms with Crippen molar-refractivity contribution >= 4 is 45.0 Å². The molecule has 2 aromatic carbocycles. The van der Waals surface area contributed by atoms with E-state index in [4.69, 9.17) is 0 Å². The minimum Gasteiger partial charge on any atom is -0.352 e. The molecule has 1 aliphatic rings. The number of fused-ring (bicyclic) bond motifs is 1. The lowest BCUT2D eigenvalue weighted by molar-refractivity contribution is -0.117. The molecule has 0 saturated carbocycles. The Balaban J connectivity index is 1.48. The number of rotatable bonds is 5. The standard InChI is InChI=1S/C19H18BrN3O3/c20-14-4-1-12(2-5-14)19(26)21-10-9-18(25)22-15-6-7-16-13(11-15)3-8-17(24)23-16/h1-2,4-7,11H,3,8-10H2,(H,21,26)(H,22,25)(H,23,24). The molecule has 0 saturated heterocycles. The smallest absolute Gasteiger partial charge is 0.251 e. The Morgan fingerprint density at radius 2 is 1.85 bits per heavy atom. The van der Waals surface area contributed by atoms with Crippen LogP contribution in [0.25, 0.3) is 0 Å². The predicted octanol–water partition coefficient (Wildman–Crippen LogP) is 3.09. The van der Waals surface area contributed by atoms with Crippen LogP contribution in [-0.4, -0.2) is 24.3 Å². The van der Waals surface area contributed by atoms with E-state index in [0.29, 0.717) is 24.1 Å². The van der Waals surface area contributed by atoms with E-state index < -0.39 is 0 Å². The number of aryl methyl sites for hydroxylation is 1. The van der Waals surface area contributed by atoms with Crippen molar-refractivity contribution < 1.29 is 14.4 Å². The number of carbonyl (C=O) groups excluding carboxylic acids is 3. The highest BCUT2D eigenvalue weighted by molar-refractivity contribution is 9.10. The van der Waals surface area contributed by atoms with E-state index in [9.17, 15) is 14.4 Å². The topological polar surface area (TPSA) is 87.3 Å². The van der Waals surface area contributed by atoms with Crippen LogP contribution in [0.15, 0.2) is 46.9 Å². The minimum atomic E-state index is -0.213. The van der Waals surface area contributed by atoms with Crippen molar-refractivity contribution in [2.24, 2.45) is 0 Å². The van der Waals surface area contributed by atoms with Gasteiger partial charge in [0.05, 0.1) is 0 Å². The summed E-state index contributed by atoms with van der Waals surface area (Å²) in [6.45, 7) is 0.252. The average Bonchev–Trinajstić information content (AvgIpc) is 2.62. The number of amides is 3. The second kappa shape index (κ2) is 8.14. The molecule has 0 bridgehead atoms. The van der Waals surface area contributed by atoms with Gasteiger partial charge >= 0.3 is 0 Å². The fourth-order valence-electron chi connectivity index (χ4n) is 2.68. The molecule has 134 valence electrons. The molecule has 7 heteroatoms. The summed E-state index contributed by atoms with van der Waals surface area (Å²) in [5.41, 5.74) is 3.03. The highest BCUT2D eigenvalue weighted by atomic mass is 79.9. The lowest BCUT2D eigenvalue weighted by Gasteiger charge is -2.17. The Morgan fingerprint density at radius 1 is 1.08 bits per heavy atom. The van der Waals surface area contributed by atoms with Crippen molar-refractivity contribution in [1.29, 1.82) is 0 Å². The number of benzene rings is 2. The Labute approximate surface area is 159 Å². The Bertz CT molecular complexity index is 850. The zero-order valence-electron chi connectivity index (χ0n) is 14.0. The number of hydrogen-bond acceptors (Lipinski definition) is 3. The number of nitrogens with one attached hydrogen (secondary N) is 3. The van der Waals surface area contributed by atoms with Crippen LogP contribution in [-0.2, 0) is 16.0 Å². The van der Waals surface area contributed by atoms with E-state index in [2.05, 4.69) is 31.9 Å². The first kappa shape index (κ1) is 18.1. The molecule has 3 rings (SSSR count). The lowest BCUT2D eigenvalue weighted by atomic mass is 10.0. The van der Waals surface area contributed by atoms with Crippen LogP contribution in [0.2, 0.25) is 0 Å². The van der Waals surface area contributed by atoms with Crippen LogP contribution < -0.4 is 16.0 Å². The first-order valence-corrected chi connectivity index (χ1v) is 9.07. The van der Waals surface area contributed by atoms with E-state index in [1.54, 1.807) is 36.4 Å². The van der Waals surface area contributed by atoms with E-state index in [1.807, 2.05) is 6.07 Å². The van der Waals surface area contributed by atoms with Gasteiger partial charge in [0.15, 0.2) is 0 Å². The summed E-state index contributed by atoms with van der Waals surface area (Å²) < 4.78 is 0.901. The summed E-state index contributed by atoms with van der Waals surface area (Å²) in [6, 6.07) is 12.4. The monoisotopic (exact) mass is 415 g/mol. The molecule has 3 amide bonds. The van der Waals surface area contributed by atoms with Crippen molar-refractivity contribution in [1.82, 2.24) is 5.32 Å². The van der Waals surface area contributed by atoms with E-state index in [-0.39, 0.29) is 30.7 Å². The quantitative estimate of drug-likeness (QED) is 0.700. The van der Waals surface area contributed by atoms with Crippen molar-refractivity contribution in [2.45, 2.75) is 19.3 Å². The predicted molar refractivity (Wildman–Crippen MR) is 103 cm³/mol. The molecule has 1 heterocycles. The first-order valence-electron chi connectivity index (χ1n) is 8.27. The number of halogens is 1. The molecule has 0 spiro atoms. The lowest BCUT2D eigenvalue weighted by Crippen LogP contribution is -2.27. The summed E-state index contributed by atoms with van der Waals surface area (Å²) in [5.74, 6) is -0.383. The average molecular weight is 416 g/mol. The van der Waals surface area contributed by atoms with Crippen molar-refractivity contribution in [3.8, 4) is 0 Å². The van der Waals surface area contributed by atoms with Crippen LogP contribution in [0.1, 0.15) is 28.8 Å². The van der Waals surface area contributed by atoms with Crippen molar-refractivity contribution in [3.63, 3.8) is 0 Å². The van der Waals surface area contributed by atoms with Crippen LogP contribution in [0.4, 0.5) is 11.4 Å². The molecule has 0 radical (unpaired) electrons. The van der Waals surface area contributed by atoms with Gasteiger partial charge in [0.2, 0.25) is 11.8 Å². The van der Waals surface area contributed by atoms with Crippen LogP contribution in [0.3, 0.4) is 0 Å². The zero-order chi connectivity index (χ0) is 18.5. The third-order valence-corrected chi connectivity index (χ3v) is 4.56. The van der Waals surface area contributed by atoms with Gasteiger partial charge in [0.25, 0.3) is 5.91 Å². The minimum absolute atomic E-state index is 0.0100. The summed E-state index contributed by atoms with van der Waals surface area (Å²) in [7, 11) is 0. The summed E-state index contributed by atoms with van der Waals surface area (Å²) in [4.78, 5) is 35.4. The Kier molecular flexibility index (Phi) is 5.68. The highest BCUT2D eigenvalue weighted by Gasteiger charge is 2.15. The summed E-state index contributed by atoms with van der Waals surface area (Å²) in [5, 5.41) is 8.35. The first-order chi connectivity index (χ1) is 12.5. The molecule has 2 aromatic rings.